The van der Waals surface area contributed by atoms with E-state index in [0.717, 1.165) is 5.69 Å². The number of hydrogen-bond donors (Lipinski definition) is 1. The van der Waals surface area contributed by atoms with Crippen molar-refractivity contribution in [3.8, 4) is 0 Å². The summed E-state index contributed by atoms with van der Waals surface area (Å²) in [4.78, 5) is 4.39. The lowest BCUT2D eigenvalue weighted by Crippen LogP contribution is -2.23. The molecule has 0 aliphatic carbocycles. The van der Waals surface area contributed by atoms with E-state index in [-0.39, 0.29) is 6.04 Å². The van der Waals surface area contributed by atoms with Gasteiger partial charge in [-0.2, -0.15) is 0 Å². The molecule has 1 N–H and O–H groups in total. The minimum Gasteiger partial charge on any atom is -0.302 e. The van der Waals surface area contributed by atoms with E-state index in [4.69, 9.17) is 0 Å². The Hall–Kier alpha value is -1.67. The smallest absolute Gasteiger partial charge is 0.0570 e. The van der Waals surface area contributed by atoms with Crippen LogP contribution in [0.5, 0.6) is 0 Å². The Morgan fingerprint density at radius 1 is 0.947 bits per heavy atom. The average Bonchev–Trinajstić information content (AvgIpc) is 2.42. The Balaban J connectivity index is 2.08. The van der Waals surface area contributed by atoms with Crippen LogP contribution in [0.1, 0.15) is 48.3 Å². The predicted molar refractivity (Wildman–Crippen MR) is 80.1 cm³/mol. The Morgan fingerprint density at radius 2 is 1.74 bits per heavy atom. The van der Waals surface area contributed by atoms with Crippen LogP contribution in [0.25, 0.3) is 0 Å². The first kappa shape index (κ1) is 13.8. The van der Waals surface area contributed by atoms with Crippen molar-refractivity contribution in [2.24, 2.45) is 0 Å². The van der Waals surface area contributed by atoms with Crippen molar-refractivity contribution in [1.82, 2.24) is 10.3 Å². The monoisotopic (exact) mass is 254 g/mol. The summed E-state index contributed by atoms with van der Waals surface area (Å²) in [5.74, 6) is 0. The Morgan fingerprint density at radius 3 is 2.37 bits per heavy atom. The molecule has 0 spiro atoms. The fourth-order valence-electron chi connectivity index (χ4n) is 2.22. The molecule has 2 nitrogen and oxygen atoms in total. The molecular formula is C17H22N2. The number of hydrogen-bond acceptors (Lipinski definition) is 2. The van der Waals surface area contributed by atoms with Crippen molar-refractivity contribution < 1.29 is 0 Å². The van der Waals surface area contributed by atoms with Crippen LogP contribution in [0.4, 0.5) is 0 Å². The molecule has 100 valence electrons. The number of aryl methyl sites for hydroxylation is 2. The third-order valence-electron chi connectivity index (χ3n) is 3.66. The van der Waals surface area contributed by atoms with Crippen LogP contribution in [0.3, 0.4) is 0 Å². The first-order chi connectivity index (χ1) is 9.08. The molecule has 1 heterocycles. The molecule has 1 aromatic heterocycles. The molecule has 0 bridgehead atoms. The van der Waals surface area contributed by atoms with Crippen LogP contribution in [0.2, 0.25) is 0 Å². The van der Waals surface area contributed by atoms with Crippen molar-refractivity contribution in [3.63, 3.8) is 0 Å². The molecular weight excluding hydrogens is 232 g/mol. The maximum Gasteiger partial charge on any atom is 0.0570 e. The number of nitrogens with zero attached hydrogens (tertiary/aromatic N) is 1. The third kappa shape index (κ3) is 3.42. The SMILES string of the molecule is Cc1ccc(C(C)N[C@@H](C)c2ccccn2)cc1C. The molecule has 0 fully saturated rings. The van der Waals surface area contributed by atoms with E-state index in [0.29, 0.717) is 6.04 Å². The molecule has 1 unspecified atom stereocenters. The zero-order chi connectivity index (χ0) is 13.8. The highest BCUT2D eigenvalue weighted by atomic mass is 15.0. The first-order valence-electron chi connectivity index (χ1n) is 6.82. The molecule has 19 heavy (non-hydrogen) atoms. The quantitative estimate of drug-likeness (QED) is 0.888. The molecule has 0 saturated heterocycles. The number of pyridine rings is 1. The van der Waals surface area contributed by atoms with E-state index in [1.54, 1.807) is 0 Å². The van der Waals surface area contributed by atoms with Gasteiger partial charge < -0.3 is 5.32 Å². The van der Waals surface area contributed by atoms with Gasteiger partial charge in [0.25, 0.3) is 0 Å². The highest BCUT2D eigenvalue weighted by Gasteiger charge is 2.12. The minimum absolute atomic E-state index is 0.248. The second-order valence-corrected chi connectivity index (χ2v) is 5.21. The van der Waals surface area contributed by atoms with Gasteiger partial charge in [0.2, 0.25) is 0 Å². The Kier molecular flexibility index (Phi) is 4.33. The van der Waals surface area contributed by atoms with E-state index in [2.05, 4.69) is 62.3 Å². The van der Waals surface area contributed by atoms with Crippen molar-refractivity contribution in [2.75, 3.05) is 0 Å². The molecule has 0 aliphatic heterocycles. The molecule has 2 atom stereocenters. The lowest BCUT2D eigenvalue weighted by Gasteiger charge is -2.20. The van der Waals surface area contributed by atoms with E-state index in [9.17, 15) is 0 Å². The number of nitrogens with one attached hydrogen (secondary N) is 1. The van der Waals surface area contributed by atoms with Crippen LogP contribution >= 0.6 is 0 Å². The van der Waals surface area contributed by atoms with E-state index in [1.807, 2.05) is 18.3 Å². The van der Waals surface area contributed by atoms with Gasteiger partial charge in [0, 0.05) is 18.3 Å². The van der Waals surface area contributed by atoms with Gasteiger partial charge in [-0.1, -0.05) is 24.3 Å². The van der Waals surface area contributed by atoms with Crippen LogP contribution in [-0.4, -0.2) is 4.98 Å². The van der Waals surface area contributed by atoms with Crippen molar-refractivity contribution in [3.05, 3.63) is 65.0 Å². The maximum atomic E-state index is 4.39. The summed E-state index contributed by atoms with van der Waals surface area (Å²) in [7, 11) is 0. The zero-order valence-corrected chi connectivity index (χ0v) is 12.1. The van der Waals surface area contributed by atoms with Crippen molar-refractivity contribution in [2.45, 2.75) is 39.8 Å². The summed E-state index contributed by atoms with van der Waals surface area (Å²) in [6, 6.07) is 13.3. The highest BCUT2D eigenvalue weighted by Crippen LogP contribution is 2.20. The van der Waals surface area contributed by atoms with Crippen molar-refractivity contribution in [1.29, 1.82) is 0 Å². The normalized spacial score (nSPS) is 14.1. The molecule has 2 heteroatoms. The predicted octanol–water partition coefficient (Wildman–Crippen LogP) is 4.11. The zero-order valence-electron chi connectivity index (χ0n) is 12.1. The minimum atomic E-state index is 0.248. The largest absolute Gasteiger partial charge is 0.302 e. The summed E-state index contributed by atoms with van der Waals surface area (Å²) in [6.07, 6.45) is 1.84. The number of rotatable bonds is 4. The molecule has 0 radical (unpaired) electrons. The summed E-state index contributed by atoms with van der Waals surface area (Å²) >= 11 is 0. The number of aromatic nitrogens is 1. The standard InChI is InChI=1S/C17H22N2/c1-12-8-9-16(11-13(12)2)14(3)19-15(4)17-7-5-6-10-18-17/h5-11,14-15,19H,1-4H3/t14?,15-/m0/s1. The maximum absolute atomic E-state index is 4.39. The molecule has 1 aromatic carbocycles. The third-order valence-corrected chi connectivity index (χ3v) is 3.66. The average molecular weight is 254 g/mol. The van der Waals surface area contributed by atoms with Gasteiger partial charge in [-0.25, -0.2) is 0 Å². The van der Waals surface area contributed by atoms with Crippen LogP contribution < -0.4 is 5.32 Å². The Bertz CT molecular complexity index is 534. The lowest BCUT2D eigenvalue weighted by atomic mass is 10.0. The topological polar surface area (TPSA) is 24.9 Å². The second-order valence-electron chi connectivity index (χ2n) is 5.21. The van der Waals surface area contributed by atoms with Gasteiger partial charge >= 0.3 is 0 Å². The molecule has 2 rings (SSSR count). The molecule has 0 saturated carbocycles. The van der Waals surface area contributed by atoms with Crippen LogP contribution in [-0.2, 0) is 0 Å². The summed E-state index contributed by atoms with van der Waals surface area (Å²) < 4.78 is 0. The molecule has 0 aliphatic rings. The number of benzene rings is 1. The van der Waals surface area contributed by atoms with Crippen molar-refractivity contribution >= 4 is 0 Å². The highest BCUT2D eigenvalue weighted by molar-refractivity contribution is 5.31. The van der Waals surface area contributed by atoms with E-state index < -0.39 is 0 Å². The summed E-state index contributed by atoms with van der Waals surface area (Å²) in [6.45, 7) is 8.66. The molecule has 0 amide bonds. The molecule has 2 aromatic rings. The lowest BCUT2D eigenvalue weighted by molar-refractivity contribution is 0.486. The van der Waals surface area contributed by atoms with E-state index >= 15 is 0 Å². The summed E-state index contributed by atoms with van der Waals surface area (Å²) in [5.41, 5.74) is 5.09. The fraction of sp³-hybridized carbons (Fsp3) is 0.353. The summed E-state index contributed by atoms with van der Waals surface area (Å²) in [5, 5.41) is 3.60. The van der Waals surface area contributed by atoms with E-state index in [1.165, 1.54) is 16.7 Å². The van der Waals surface area contributed by atoms with Gasteiger partial charge in [-0.3, -0.25) is 4.98 Å². The van der Waals surface area contributed by atoms with Crippen LogP contribution in [0.15, 0.2) is 42.6 Å². The second kappa shape index (κ2) is 5.98. The Labute approximate surface area is 115 Å². The van der Waals surface area contributed by atoms with Gasteiger partial charge in [-0.15, -0.1) is 0 Å². The van der Waals surface area contributed by atoms with Gasteiger partial charge in [0.05, 0.1) is 5.69 Å². The first-order valence-corrected chi connectivity index (χ1v) is 6.82. The van der Waals surface area contributed by atoms with Gasteiger partial charge in [0.1, 0.15) is 0 Å². The van der Waals surface area contributed by atoms with Gasteiger partial charge in [0.15, 0.2) is 0 Å². The van der Waals surface area contributed by atoms with Crippen LogP contribution in [0, 0.1) is 13.8 Å². The van der Waals surface area contributed by atoms with Gasteiger partial charge in [-0.05, 0) is 56.5 Å². The fourth-order valence-corrected chi connectivity index (χ4v) is 2.22.